The smallest absolute Gasteiger partial charge is 0.191 e. The fraction of sp³-hybridized carbons (Fsp3) is 0.300. The third-order valence-electron chi connectivity index (χ3n) is 4.22. The summed E-state index contributed by atoms with van der Waals surface area (Å²) in [5, 5.41) is 6.64. The molecule has 0 bridgehead atoms. The molecule has 0 radical (unpaired) electrons. The quantitative estimate of drug-likeness (QED) is 0.323. The zero-order chi connectivity index (χ0) is 18.4. The van der Waals surface area contributed by atoms with Crippen molar-refractivity contribution in [3.63, 3.8) is 0 Å². The second-order valence-electron chi connectivity index (χ2n) is 5.97. The first-order chi connectivity index (χ1) is 12.7. The van der Waals surface area contributed by atoms with E-state index in [0.29, 0.717) is 13.1 Å². The molecule has 27 heavy (non-hydrogen) atoms. The van der Waals surface area contributed by atoms with Gasteiger partial charge in [-0.05, 0) is 36.8 Å². The molecule has 1 heterocycles. The number of fused-ring (bicyclic) bond motifs is 1. The van der Waals surface area contributed by atoms with Crippen molar-refractivity contribution in [2.24, 2.45) is 12.0 Å². The minimum Gasteiger partial charge on any atom is -0.497 e. The predicted molar refractivity (Wildman–Crippen MR) is 121 cm³/mol. The molecule has 0 aliphatic rings. The Bertz CT molecular complexity index is 889. The highest BCUT2D eigenvalue weighted by atomic mass is 127. The SMILES string of the molecule is CCNC(=NCc1ccc(OC)cc1)NCc1nc2ccccc2n1C.I. The molecule has 0 aliphatic heterocycles. The first kappa shape index (κ1) is 21.0. The molecule has 2 N–H and O–H groups in total. The zero-order valence-corrected chi connectivity index (χ0v) is 18.2. The number of para-hydroxylation sites is 2. The standard InChI is InChI=1S/C20H25N5O.HI/c1-4-21-20(22-13-15-9-11-16(26-3)12-10-15)23-14-19-24-17-7-5-6-8-18(17)25(19)2;/h5-12H,4,13-14H2,1-3H3,(H2,21,22,23);1H. The number of methoxy groups -OCH3 is 1. The summed E-state index contributed by atoms with van der Waals surface area (Å²) >= 11 is 0. The number of rotatable bonds is 6. The van der Waals surface area contributed by atoms with Crippen LogP contribution in [-0.4, -0.2) is 29.2 Å². The molecule has 0 unspecified atom stereocenters. The number of ether oxygens (including phenoxy) is 1. The van der Waals surface area contributed by atoms with E-state index < -0.39 is 0 Å². The maximum Gasteiger partial charge on any atom is 0.191 e. The van der Waals surface area contributed by atoms with Gasteiger partial charge in [-0.2, -0.15) is 0 Å². The molecule has 7 heteroatoms. The van der Waals surface area contributed by atoms with E-state index >= 15 is 0 Å². The summed E-state index contributed by atoms with van der Waals surface area (Å²) in [6.07, 6.45) is 0. The highest BCUT2D eigenvalue weighted by Gasteiger charge is 2.07. The zero-order valence-electron chi connectivity index (χ0n) is 15.9. The Morgan fingerprint density at radius 2 is 1.85 bits per heavy atom. The number of hydrogen-bond acceptors (Lipinski definition) is 3. The molecule has 0 aliphatic carbocycles. The Kier molecular flexibility index (Phi) is 7.90. The van der Waals surface area contributed by atoms with Crippen LogP contribution in [0, 0.1) is 0 Å². The molecule has 0 amide bonds. The van der Waals surface area contributed by atoms with Crippen molar-refractivity contribution in [3.8, 4) is 5.75 Å². The van der Waals surface area contributed by atoms with E-state index in [-0.39, 0.29) is 24.0 Å². The van der Waals surface area contributed by atoms with Crippen LogP contribution in [0.15, 0.2) is 53.5 Å². The van der Waals surface area contributed by atoms with Gasteiger partial charge in [0.15, 0.2) is 5.96 Å². The fourth-order valence-corrected chi connectivity index (χ4v) is 2.76. The normalized spacial score (nSPS) is 11.1. The molecule has 1 aromatic heterocycles. The molecule has 0 saturated carbocycles. The van der Waals surface area contributed by atoms with E-state index in [1.165, 1.54) is 0 Å². The number of halogens is 1. The molecule has 0 fully saturated rings. The third kappa shape index (κ3) is 5.35. The minimum absolute atomic E-state index is 0. The van der Waals surface area contributed by atoms with Crippen LogP contribution >= 0.6 is 24.0 Å². The maximum absolute atomic E-state index is 5.19. The molecule has 144 valence electrons. The van der Waals surface area contributed by atoms with E-state index in [4.69, 9.17) is 4.74 Å². The van der Waals surface area contributed by atoms with Crippen LogP contribution in [0.25, 0.3) is 11.0 Å². The van der Waals surface area contributed by atoms with E-state index in [0.717, 1.165) is 40.7 Å². The van der Waals surface area contributed by atoms with Crippen LogP contribution in [0.4, 0.5) is 0 Å². The molecule has 0 saturated heterocycles. The molecular formula is C20H26IN5O. The van der Waals surface area contributed by atoms with Crippen LogP contribution in [0.3, 0.4) is 0 Å². The molecular weight excluding hydrogens is 453 g/mol. The van der Waals surface area contributed by atoms with Crippen molar-refractivity contribution in [2.75, 3.05) is 13.7 Å². The van der Waals surface area contributed by atoms with E-state index in [1.54, 1.807) is 7.11 Å². The Balaban J connectivity index is 0.00000261. The number of nitrogens with one attached hydrogen (secondary N) is 2. The van der Waals surface area contributed by atoms with E-state index in [9.17, 15) is 0 Å². The predicted octanol–water partition coefficient (Wildman–Crippen LogP) is 3.46. The summed E-state index contributed by atoms with van der Waals surface area (Å²) in [4.78, 5) is 9.34. The van der Waals surface area contributed by atoms with Crippen LogP contribution in [0.5, 0.6) is 5.75 Å². The summed E-state index contributed by atoms with van der Waals surface area (Å²) in [5.74, 6) is 2.60. The Morgan fingerprint density at radius 1 is 1.11 bits per heavy atom. The Hall–Kier alpha value is -2.29. The molecule has 0 atom stereocenters. The average molecular weight is 479 g/mol. The molecule has 3 aromatic rings. The summed E-state index contributed by atoms with van der Waals surface area (Å²) in [6.45, 7) is 4.07. The summed E-state index contributed by atoms with van der Waals surface area (Å²) < 4.78 is 7.29. The lowest BCUT2D eigenvalue weighted by Gasteiger charge is -2.11. The van der Waals surface area contributed by atoms with Gasteiger partial charge in [-0.25, -0.2) is 9.98 Å². The van der Waals surface area contributed by atoms with Gasteiger partial charge in [0.05, 0.1) is 31.2 Å². The topological polar surface area (TPSA) is 63.5 Å². The van der Waals surface area contributed by atoms with Crippen molar-refractivity contribution in [1.29, 1.82) is 0 Å². The van der Waals surface area contributed by atoms with Crippen molar-refractivity contribution < 1.29 is 4.74 Å². The van der Waals surface area contributed by atoms with Crippen LogP contribution in [0.1, 0.15) is 18.3 Å². The van der Waals surface area contributed by atoms with Gasteiger partial charge in [0.25, 0.3) is 0 Å². The van der Waals surface area contributed by atoms with E-state index in [1.807, 2.05) is 49.5 Å². The van der Waals surface area contributed by atoms with Gasteiger partial charge in [0.2, 0.25) is 0 Å². The Labute approximate surface area is 177 Å². The van der Waals surface area contributed by atoms with Crippen molar-refractivity contribution >= 4 is 41.0 Å². The van der Waals surface area contributed by atoms with Crippen molar-refractivity contribution in [3.05, 3.63) is 59.9 Å². The van der Waals surface area contributed by atoms with Crippen LogP contribution in [-0.2, 0) is 20.1 Å². The van der Waals surface area contributed by atoms with Gasteiger partial charge in [0.1, 0.15) is 11.6 Å². The number of guanidine groups is 1. The van der Waals surface area contributed by atoms with Gasteiger partial charge in [0, 0.05) is 13.6 Å². The fourth-order valence-electron chi connectivity index (χ4n) is 2.76. The number of nitrogens with zero attached hydrogens (tertiary/aromatic N) is 3. The molecule has 3 rings (SSSR count). The lowest BCUT2D eigenvalue weighted by molar-refractivity contribution is 0.414. The van der Waals surface area contributed by atoms with Gasteiger partial charge < -0.3 is 19.9 Å². The van der Waals surface area contributed by atoms with E-state index in [2.05, 4.69) is 38.2 Å². The molecule has 2 aromatic carbocycles. The third-order valence-corrected chi connectivity index (χ3v) is 4.22. The lowest BCUT2D eigenvalue weighted by Crippen LogP contribution is -2.37. The number of aryl methyl sites for hydroxylation is 1. The maximum atomic E-state index is 5.19. The number of aromatic nitrogens is 2. The number of aliphatic imine (C=N–C) groups is 1. The number of hydrogen-bond donors (Lipinski definition) is 2. The second-order valence-corrected chi connectivity index (χ2v) is 5.97. The summed E-state index contributed by atoms with van der Waals surface area (Å²) in [6, 6.07) is 16.1. The van der Waals surface area contributed by atoms with Gasteiger partial charge >= 0.3 is 0 Å². The highest BCUT2D eigenvalue weighted by molar-refractivity contribution is 14.0. The van der Waals surface area contributed by atoms with Crippen LogP contribution < -0.4 is 15.4 Å². The monoisotopic (exact) mass is 479 g/mol. The highest BCUT2D eigenvalue weighted by Crippen LogP contribution is 2.14. The van der Waals surface area contributed by atoms with Gasteiger partial charge in [-0.1, -0.05) is 24.3 Å². The Morgan fingerprint density at radius 3 is 2.52 bits per heavy atom. The average Bonchev–Trinajstić information content (AvgIpc) is 3.00. The number of imidazole rings is 1. The largest absolute Gasteiger partial charge is 0.497 e. The summed E-state index contributed by atoms with van der Waals surface area (Å²) in [7, 11) is 3.70. The van der Waals surface area contributed by atoms with Crippen molar-refractivity contribution in [1.82, 2.24) is 20.2 Å². The first-order valence-corrected chi connectivity index (χ1v) is 8.76. The lowest BCUT2D eigenvalue weighted by atomic mass is 10.2. The minimum atomic E-state index is 0. The van der Waals surface area contributed by atoms with Gasteiger partial charge in [-0.3, -0.25) is 0 Å². The number of benzene rings is 2. The molecule has 6 nitrogen and oxygen atoms in total. The second kappa shape index (κ2) is 10.1. The molecule has 0 spiro atoms. The first-order valence-electron chi connectivity index (χ1n) is 8.76. The van der Waals surface area contributed by atoms with Gasteiger partial charge in [-0.15, -0.1) is 24.0 Å². The van der Waals surface area contributed by atoms with Crippen molar-refractivity contribution in [2.45, 2.75) is 20.0 Å². The van der Waals surface area contributed by atoms with Crippen LogP contribution in [0.2, 0.25) is 0 Å². The summed E-state index contributed by atoms with van der Waals surface area (Å²) in [5.41, 5.74) is 3.27.